The van der Waals surface area contributed by atoms with Gasteiger partial charge in [0.25, 0.3) is 5.91 Å². The molecule has 8 nitrogen and oxygen atoms in total. The lowest BCUT2D eigenvalue weighted by atomic mass is 9.72. The summed E-state index contributed by atoms with van der Waals surface area (Å²) in [5, 5.41) is 24.9. The Hall–Kier alpha value is -2.67. The van der Waals surface area contributed by atoms with Crippen LogP contribution in [0.3, 0.4) is 0 Å². The second-order valence-corrected chi connectivity index (χ2v) is 13.7. The van der Waals surface area contributed by atoms with Crippen molar-refractivity contribution in [3.8, 4) is 0 Å². The second-order valence-electron chi connectivity index (χ2n) is 11.1. The van der Waals surface area contributed by atoms with Gasteiger partial charge in [-0.25, -0.2) is 21.6 Å². The zero-order valence-electron chi connectivity index (χ0n) is 21.2. The van der Waals surface area contributed by atoms with Crippen molar-refractivity contribution in [2.45, 2.75) is 66.2 Å². The number of aliphatic hydroxyl groups is 2. The Labute approximate surface area is 233 Å². The number of anilines is 1. The minimum atomic E-state index is -4.09. The summed E-state index contributed by atoms with van der Waals surface area (Å²) in [6.45, 7) is -0.181. The standard InChI is InChI=1S/C27H28ClF3N2O6S/c28-19-4-1-14(25(36)32-17-10-20(29)24(31)21(30)11-17)7-22(19)40(38,39)18-8-15-2-3-16(9-18)27(15,37)12-23(35)33-26(13-34)5-6-26/h1,4,7,10-11,15-16,18,34,37H,2-3,5-6,8-9,12-13H2,(H,32,36)(H,33,35)/t15?,16?,18-,27-. The normalized spacial score (nSPS) is 26.8. The maximum Gasteiger partial charge on any atom is 0.255 e. The highest BCUT2D eigenvalue weighted by molar-refractivity contribution is 7.92. The molecule has 40 heavy (non-hydrogen) atoms. The van der Waals surface area contributed by atoms with Crippen LogP contribution in [0.4, 0.5) is 18.9 Å². The van der Waals surface area contributed by atoms with Gasteiger partial charge in [-0.3, -0.25) is 9.59 Å². The Morgan fingerprint density at radius 1 is 1.02 bits per heavy atom. The number of benzene rings is 2. The molecule has 216 valence electrons. The van der Waals surface area contributed by atoms with Crippen LogP contribution in [0.5, 0.6) is 0 Å². The third-order valence-electron chi connectivity index (χ3n) is 8.56. The Morgan fingerprint density at radius 3 is 2.17 bits per heavy atom. The van der Waals surface area contributed by atoms with Crippen LogP contribution in [0.15, 0.2) is 35.2 Å². The molecule has 2 aromatic rings. The summed E-state index contributed by atoms with van der Waals surface area (Å²) in [5.41, 5.74) is -2.51. The molecule has 0 radical (unpaired) electrons. The first-order valence-electron chi connectivity index (χ1n) is 12.9. The summed E-state index contributed by atoms with van der Waals surface area (Å²) >= 11 is 6.24. The lowest BCUT2D eigenvalue weighted by Crippen LogP contribution is -2.52. The molecule has 5 rings (SSSR count). The molecule has 0 aliphatic heterocycles. The smallest absolute Gasteiger partial charge is 0.255 e. The lowest BCUT2D eigenvalue weighted by Gasteiger charge is -2.42. The van der Waals surface area contributed by atoms with Gasteiger partial charge in [-0.05, 0) is 68.6 Å². The van der Waals surface area contributed by atoms with E-state index >= 15 is 0 Å². The molecule has 0 aromatic heterocycles. The second kappa shape index (κ2) is 10.3. The maximum atomic E-state index is 13.7. The molecule has 2 amide bonds. The number of fused-ring (bicyclic) bond motifs is 2. The zero-order valence-corrected chi connectivity index (χ0v) is 22.8. The zero-order chi connectivity index (χ0) is 29.0. The predicted molar refractivity (Wildman–Crippen MR) is 139 cm³/mol. The molecule has 3 fully saturated rings. The minimum absolute atomic E-state index is 0.0919. The Bertz CT molecular complexity index is 1450. The third-order valence-corrected chi connectivity index (χ3v) is 11.2. The van der Waals surface area contributed by atoms with E-state index in [0.29, 0.717) is 37.8 Å². The van der Waals surface area contributed by atoms with E-state index in [2.05, 4.69) is 10.6 Å². The quantitative estimate of drug-likeness (QED) is 0.341. The van der Waals surface area contributed by atoms with Crippen LogP contribution in [0, 0.1) is 29.3 Å². The van der Waals surface area contributed by atoms with Crippen molar-refractivity contribution in [2.24, 2.45) is 11.8 Å². The first-order chi connectivity index (χ1) is 18.8. The number of nitrogens with one attached hydrogen (secondary N) is 2. The highest BCUT2D eigenvalue weighted by Gasteiger charge is 2.57. The summed E-state index contributed by atoms with van der Waals surface area (Å²) in [6, 6.07) is 4.73. The van der Waals surface area contributed by atoms with E-state index in [4.69, 9.17) is 11.6 Å². The fourth-order valence-electron chi connectivity index (χ4n) is 6.10. The number of carbonyl (C=O) groups is 2. The summed E-state index contributed by atoms with van der Waals surface area (Å²) in [6.07, 6.45) is 2.42. The van der Waals surface area contributed by atoms with Gasteiger partial charge in [0.2, 0.25) is 5.91 Å². The van der Waals surface area contributed by atoms with Crippen molar-refractivity contribution in [2.75, 3.05) is 11.9 Å². The molecule has 0 heterocycles. The van der Waals surface area contributed by atoms with Crippen molar-refractivity contribution in [1.29, 1.82) is 0 Å². The maximum absolute atomic E-state index is 13.7. The number of carbonyl (C=O) groups excluding carboxylic acids is 2. The van der Waals surface area contributed by atoms with E-state index < -0.39 is 61.4 Å². The number of hydrogen-bond acceptors (Lipinski definition) is 6. The van der Waals surface area contributed by atoms with Crippen molar-refractivity contribution in [3.05, 3.63) is 58.4 Å². The summed E-state index contributed by atoms with van der Waals surface area (Å²) in [4.78, 5) is 25.1. The predicted octanol–water partition coefficient (Wildman–Crippen LogP) is 3.73. The highest BCUT2D eigenvalue weighted by Crippen LogP contribution is 2.53. The van der Waals surface area contributed by atoms with Gasteiger partial charge in [-0.15, -0.1) is 0 Å². The molecule has 3 aliphatic carbocycles. The van der Waals surface area contributed by atoms with Crippen LogP contribution in [-0.4, -0.2) is 53.4 Å². The number of halogens is 4. The number of aliphatic hydroxyl groups excluding tert-OH is 1. The fraction of sp³-hybridized carbons (Fsp3) is 0.481. The van der Waals surface area contributed by atoms with Crippen LogP contribution >= 0.6 is 11.6 Å². The summed E-state index contributed by atoms with van der Waals surface area (Å²) in [5.74, 6) is -6.86. The van der Waals surface area contributed by atoms with Gasteiger partial charge < -0.3 is 20.8 Å². The van der Waals surface area contributed by atoms with Crippen LogP contribution < -0.4 is 10.6 Å². The molecule has 0 saturated heterocycles. The molecular formula is C27H28ClF3N2O6S. The highest BCUT2D eigenvalue weighted by atomic mass is 35.5. The fourth-order valence-corrected chi connectivity index (χ4v) is 8.50. The third kappa shape index (κ3) is 5.22. The summed E-state index contributed by atoms with van der Waals surface area (Å²) < 4.78 is 67.7. The topological polar surface area (TPSA) is 133 Å². The molecule has 2 unspecified atom stereocenters. The van der Waals surface area contributed by atoms with Crippen molar-refractivity contribution in [3.63, 3.8) is 0 Å². The van der Waals surface area contributed by atoms with E-state index in [-0.39, 0.29) is 52.9 Å². The largest absolute Gasteiger partial charge is 0.394 e. The number of hydrogen-bond donors (Lipinski definition) is 4. The van der Waals surface area contributed by atoms with Gasteiger partial charge in [-0.1, -0.05) is 11.6 Å². The van der Waals surface area contributed by atoms with Crippen LogP contribution in [-0.2, 0) is 14.6 Å². The number of rotatable bonds is 8. The monoisotopic (exact) mass is 600 g/mol. The van der Waals surface area contributed by atoms with E-state index in [1.165, 1.54) is 12.1 Å². The Kier molecular flexibility index (Phi) is 7.43. The Balaban J connectivity index is 1.33. The van der Waals surface area contributed by atoms with Gasteiger partial charge in [0.1, 0.15) is 0 Å². The Morgan fingerprint density at radius 2 is 1.62 bits per heavy atom. The van der Waals surface area contributed by atoms with E-state index in [9.17, 15) is 41.4 Å². The average Bonchev–Trinajstić information content (AvgIpc) is 3.65. The summed E-state index contributed by atoms with van der Waals surface area (Å²) in [7, 11) is -4.09. The van der Waals surface area contributed by atoms with Crippen molar-refractivity contribution >= 4 is 38.9 Å². The molecule has 13 heteroatoms. The molecule has 4 N–H and O–H groups in total. The molecular weight excluding hydrogens is 573 g/mol. The number of amides is 2. The van der Waals surface area contributed by atoms with Crippen LogP contribution in [0.25, 0.3) is 0 Å². The number of sulfone groups is 1. The molecule has 0 spiro atoms. The molecule has 3 saturated carbocycles. The molecule has 2 bridgehead atoms. The van der Waals surface area contributed by atoms with Crippen LogP contribution in [0.2, 0.25) is 5.02 Å². The van der Waals surface area contributed by atoms with Gasteiger partial charge in [-0.2, -0.15) is 0 Å². The van der Waals surface area contributed by atoms with Crippen molar-refractivity contribution in [1.82, 2.24) is 5.32 Å². The van der Waals surface area contributed by atoms with Gasteiger partial charge in [0, 0.05) is 23.4 Å². The lowest BCUT2D eigenvalue weighted by molar-refractivity contribution is -0.133. The van der Waals surface area contributed by atoms with Gasteiger partial charge in [0.05, 0.1) is 39.3 Å². The van der Waals surface area contributed by atoms with Gasteiger partial charge >= 0.3 is 0 Å². The van der Waals surface area contributed by atoms with E-state index in [1.807, 2.05) is 0 Å². The van der Waals surface area contributed by atoms with Crippen LogP contribution in [0.1, 0.15) is 55.3 Å². The van der Waals surface area contributed by atoms with E-state index in [0.717, 1.165) is 6.07 Å². The first-order valence-corrected chi connectivity index (χ1v) is 14.8. The van der Waals surface area contributed by atoms with Gasteiger partial charge in [0.15, 0.2) is 27.3 Å². The minimum Gasteiger partial charge on any atom is -0.394 e. The van der Waals surface area contributed by atoms with Crippen molar-refractivity contribution < 1.29 is 41.4 Å². The molecule has 2 aromatic carbocycles. The average molecular weight is 601 g/mol. The van der Waals surface area contributed by atoms with E-state index in [1.54, 1.807) is 0 Å². The first kappa shape index (κ1) is 28.8. The SMILES string of the molecule is O=C(C[C@]1(O)C2CCC1C[C@@H](S(=O)(=O)c1cc(C(=O)Nc3cc(F)c(F)c(F)c3)ccc1Cl)C2)NC1(CO)CC1. The molecule has 2 atom stereocenters. The molecule has 3 aliphatic rings.